The third-order valence-corrected chi connectivity index (χ3v) is 4.27. The van der Waals surface area contributed by atoms with Gasteiger partial charge in [-0.3, -0.25) is 4.98 Å². The molecular formula is C14H20ClN3. The second-order valence-electron chi connectivity index (χ2n) is 5.44. The Morgan fingerprint density at radius 1 is 1.28 bits per heavy atom. The first-order valence-electron chi connectivity index (χ1n) is 6.91. The minimum absolute atomic E-state index is 0.697. The molecule has 18 heavy (non-hydrogen) atoms. The number of hydrogen-bond donors (Lipinski definition) is 1. The number of pyridine rings is 1. The van der Waals surface area contributed by atoms with Gasteiger partial charge in [-0.05, 0) is 44.2 Å². The first-order chi connectivity index (χ1) is 8.83. The highest BCUT2D eigenvalue weighted by molar-refractivity contribution is 6.33. The van der Waals surface area contributed by atoms with E-state index in [9.17, 15) is 0 Å². The number of aromatic nitrogens is 1. The fourth-order valence-electron chi connectivity index (χ4n) is 2.60. The Morgan fingerprint density at radius 3 is 2.72 bits per heavy atom. The maximum atomic E-state index is 6.19. The fourth-order valence-corrected chi connectivity index (χ4v) is 2.84. The Labute approximate surface area is 114 Å². The molecule has 2 fully saturated rings. The summed E-state index contributed by atoms with van der Waals surface area (Å²) >= 11 is 6.19. The van der Waals surface area contributed by atoms with Crippen molar-refractivity contribution in [3.05, 3.63) is 23.5 Å². The largest absolute Gasteiger partial charge is 0.370 e. The van der Waals surface area contributed by atoms with Crippen LogP contribution in [0, 0.1) is 5.92 Å². The van der Waals surface area contributed by atoms with E-state index in [1.807, 2.05) is 12.3 Å². The van der Waals surface area contributed by atoms with Gasteiger partial charge in [-0.25, -0.2) is 0 Å². The van der Waals surface area contributed by atoms with E-state index in [-0.39, 0.29) is 0 Å². The lowest BCUT2D eigenvalue weighted by Gasteiger charge is -2.34. The van der Waals surface area contributed by atoms with Crippen LogP contribution >= 0.6 is 11.6 Å². The number of halogens is 1. The molecule has 1 saturated carbocycles. The van der Waals surface area contributed by atoms with Crippen LogP contribution in [0.15, 0.2) is 18.5 Å². The van der Waals surface area contributed by atoms with Gasteiger partial charge in [-0.15, -0.1) is 0 Å². The number of anilines is 1. The van der Waals surface area contributed by atoms with Gasteiger partial charge in [0.1, 0.15) is 0 Å². The lowest BCUT2D eigenvalue weighted by atomic mass is 10.0. The molecule has 2 heterocycles. The number of nitrogens with zero attached hydrogens (tertiary/aromatic N) is 2. The van der Waals surface area contributed by atoms with Gasteiger partial charge < -0.3 is 10.2 Å². The summed E-state index contributed by atoms with van der Waals surface area (Å²) in [5, 5.41) is 4.46. The van der Waals surface area contributed by atoms with Gasteiger partial charge in [0.15, 0.2) is 0 Å². The van der Waals surface area contributed by atoms with Gasteiger partial charge >= 0.3 is 0 Å². The molecular weight excluding hydrogens is 246 g/mol. The van der Waals surface area contributed by atoms with Gasteiger partial charge in [0.25, 0.3) is 0 Å². The Kier molecular flexibility index (Phi) is 3.71. The molecule has 0 unspecified atom stereocenters. The van der Waals surface area contributed by atoms with Crippen molar-refractivity contribution in [3.8, 4) is 0 Å². The zero-order valence-corrected chi connectivity index (χ0v) is 11.4. The molecule has 0 radical (unpaired) electrons. The van der Waals surface area contributed by atoms with Crippen molar-refractivity contribution in [1.82, 2.24) is 10.3 Å². The van der Waals surface area contributed by atoms with Crippen molar-refractivity contribution in [3.63, 3.8) is 0 Å². The molecule has 0 amide bonds. The molecule has 1 aliphatic heterocycles. The summed E-state index contributed by atoms with van der Waals surface area (Å²) in [6.07, 6.45) is 8.83. The molecule has 0 aromatic carbocycles. The molecule has 4 heteroatoms. The van der Waals surface area contributed by atoms with Crippen LogP contribution in [0.1, 0.15) is 25.7 Å². The van der Waals surface area contributed by atoms with E-state index in [2.05, 4.69) is 15.2 Å². The quantitative estimate of drug-likeness (QED) is 0.907. The third-order valence-electron chi connectivity index (χ3n) is 3.98. The van der Waals surface area contributed by atoms with Crippen LogP contribution in [-0.4, -0.2) is 30.7 Å². The maximum Gasteiger partial charge on any atom is 0.0822 e. The normalized spacial score (nSPS) is 21.3. The average Bonchev–Trinajstić information content (AvgIpc) is 3.22. The van der Waals surface area contributed by atoms with E-state index < -0.39 is 0 Å². The molecule has 1 aliphatic carbocycles. The molecule has 1 aromatic rings. The molecule has 3 rings (SSSR count). The van der Waals surface area contributed by atoms with Gasteiger partial charge in [-0.2, -0.15) is 0 Å². The van der Waals surface area contributed by atoms with E-state index >= 15 is 0 Å². The standard InChI is InChI=1S/C14H20ClN3/c15-13-10-16-6-3-14(13)18-7-4-12(5-8-18)17-9-11-1-2-11/h3,6,10-12,17H,1-2,4-5,7-9H2. The van der Waals surface area contributed by atoms with E-state index in [0.717, 1.165) is 29.7 Å². The van der Waals surface area contributed by atoms with Crippen LogP contribution in [0.25, 0.3) is 0 Å². The second-order valence-corrected chi connectivity index (χ2v) is 5.85. The van der Waals surface area contributed by atoms with Gasteiger partial charge in [-0.1, -0.05) is 11.6 Å². The predicted octanol–water partition coefficient (Wildman–Crippen LogP) is 2.70. The topological polar surface area (TPSA) is 28.2 Å². The third kappa shape index (κ3) is 2.96. The Hall–Kier alpha value is -0.800. The summed E-state index contributed by atoms with van der Waals surface area (Å²) in [6, 6.07) is 2.71. The molecule has 1 saturated heterocycles. The van der Waals surface area contributed by atoms with Crippen molar-refractivity contribution in [1.29, 1.82) is 0 Å². The Balaban J connectivity index is 1.51. The van der Waals surface area contributed by atoms with E-state index in [0.29, 0.717) is 6.04 Å². The minimum atomic E-state index is 0.697. The maximum absolute atomic E-state index is 6.19. The smallest absolute Gasteiger partial charge is 0.0822 e. The predicted molar refractivity (Wildman–Crippen MR) is 75.2 cm³/mol. The number of hydrogen-bond acceptors (Lipinski definition) is 3. The molecule has 3 nitrogen and oxygen atoms in total. The number of piperidine rings is 1. The summed E-state index contributed by atoms with van der Waals surface area (Å²) in [7, 11) is 0. The molecule has 98 valence electrons. The molecule has 0 bridgehead atoms. The minimum Gasteiger partial charge on any atom is -0.370 e. The lowest BCUT2D eigenvalue weighted by molar-refractivity contribution is 0.409. The number of rotatable bonds is 4. The average molecular weight is 266 g/mol. The highest BCUT2D eigenvalue weighted by atomic mass is 35.5. The summed E-state index contributed by atoms with van der Waals surface area (Å²) in [5.74, 6) is 0.970. The zero-order chi connectivity index (χ0) is 12.4. The van der Waals surface area contributed by atoms with Crippen molar-refractivity contribution >= 4 is 17.3 Å². The molecule has 0 spiro atoms. The summed E-state index contributed by atoms with van der Waals surface area (Å²) in [6.45, 7) is 3.40. The summed E-state index contributed by atoms with van der Waals surface area (Å²) in [4.78, 5) is 6.41. The summed E-state index contributed by atoms with van der Waals surface area (Å²) in [5.41, 5.74) is 1.13. The lowest BCUT2D eigenvalue weighted by Crippen LogP contribution is -2.43. The zero-order valence-electron chi connectivity index (χ0n) is 10.6. The van der Waals surface area contributed by atoms with E-state index in [1.54, 1.807) is 6.20 Å². The van der Waals surface area contributed by atoms with Crippen molar-refractivity contribution in [2.24, 2.45) is 5.92 Å². The van der Waals surface area contributed by atoms with Gasteiger partial charge in [0.2, 0.25) is 0 Å². The van der Waals surface area contributed by atoms with Gasteiger partial charge in [0, 0.05) is 31.5 Å². The molecule has 1 N–H and O–H groups in total. The van der Waals surface area contributed by atoms with Gasteiger partial charge in [0.05, 0.1) is 10.7 Å². The Morgan fingerprint density at radius 2 is 2.06 bits per heavy atom. The van der Waals surface area contributed by atoms with Crippen LogP contribution in [0.5, 0.6) is 0 Å². The van der Waals surface area contributed by atoms with Crippen molar-refractivity contribution in [2.75, 3.05) is 24.5 Å². The molecule has 1 aromatic heterocycles. The fraction of sp³-hybridized carbons (Fsp3) is 0.643. The monoisotopic (exact) mass is 265 g/mol. The highest BCUT2D eigenvalue weighted by Crippen LogP contribution is 2.29. The number of nitrogens with one attached hydrogen (secondary N) is 1. The van der Waals surface area contributed by atoms with Crippen LogP contribution < -0.4 is 10.2 Å². The first kappa shape index (κ1) is 12.2. The summed E-state index contributed by atoms with van der Waals surface area (Å²) < 4.78 is 0. The first-order valence-corrected chi connectivity index (χ1v) is 7.28. The SMILES string of the molecule is Clc1cnccc1N1CCC(NCC2CC2)CC1. The van der Waals surface area contributed by atoms with E-state index in [4.69, 9.17) is 11.6 Å². The van der Waals surface area contributed by atoms with Crippen LogP contribution in [0.2, 0.25) is 5.02 Å². The van der Waals surface area contributed by atoms with Crippen LogP contribution in [0.3, 0.4) is 0 Å². The Bertz CT molecular complexity index is 398. The van der Waals surface area contributed by atoms with Crippen molar-refractivity contribution in [2.45, 2.75) is 31.7 Å². The van der Waals surface area contributed by atoms with E-state index in [1.165, 1.54) is 32.2 Å². The molecule has 0 atom stereocenters. The van der Waals surface area contributed by atoms with Crippen LogP contribution in [-0.2, 0) is 0 Å². The van der Waals surface area contributed by atoms with Crippen LogP contribution in [0.4, 0.5) is 5.69 Å². The van der Waals surface area contributed by atoms with Crippen molar-refractivity contribution < 1.29 is 0 Å². The second kappa shape index (κ2) is 5.45. The highest BCUT2D eigenvalue weighted by Gasteiger charge is 2.24. The molecule has 2 aliphatic rings.